The van der Waals surface area contributed by atoms with E-state index in [9.17, 15) is 0 Å². The lowest BCUT2D eigenvalue weighted by atomic mass is 10.3. The van der Waals surface area contributed by atoms with Crippen molar-refractivity contribution in [3.63, 3.8) is 0 Å². The van der Waals surface area contributed by atoms with Gasteiger partial charge in [0.25, 0.3) is 0 Å². The van der Waals surface area contributed by atoms with Gasteiger partial charge in [-0.3, -0.25) is 0 Å². The van der Waals surface area contributed by atoms with E-state index in [1.54, 1.807) is 4.88 Å². The first-order valence-corrected chi connectivity index (χ1v) is 12.0. The van der Waals surface area contributed by atoms with Crippen molar-refractivity contribution < 1.29 is 4.74 Å². The summed E-state index contributed by atoms with van der Waals surface area (Å²) in [7, 11) is -0.372. The number of hydrogen-bond acceptors (Lipinski definition) is 2. The van der Waals surface area contributed by atoms with Gasteiger partial charge >= 0.3 is 0 Å². The van der Waals surface area contributed by atoms with Crippen molar-refractivity contribution in [2.75, 3.05) is 24.3 Å². The molecule has 1 aliphatic heterocycles. The van der Waals surface area contributed by atoms with Crippen LogP contribution in [0.1, 0.15) is 10.1 Å². The van der Waals surface area contributed by atoms with Crippen LogP contribution >= 0.6 is 11.3 Å². The zero-order valence-corrected chi connectivity index (χ0v) is 13.0. The lowest BCUT2D eigenvalue weighted by Gasteiger charge is -2.27. The van der Waals surface area contributed by atoms with Gasteiger partial charge in [0, 0.05) is 0 Å². The molecule has 0 saturated carbocycles. The maximum atomic E-state index is 5.68. The molecule has 0 N–H and O–H groups in total. The Kier molecular flexibility index (Phi) is 4.16. The summed E-state index contributed by atoms with van der Waals surface area (Å²) in [6.07, 6.45) is 0. The first kappa shape index (κ1) is 12.7. The molecule has 0 amide bonds. The molecule has 2 rings (SSSR count). The average molecular weight is 274 g/mol. The van der Waals surface area contributed by atoms with Crippen molar-refractivity contribution in [3.05, 3.63) is 22.4 Å². The van der Waals surface area contributed by atoms with Crippen molar-refractivity contribution >= 4 is 30.3 Å². The maximum Gasteiger partial charge on any atom is 0.175 e. The largest absolute Gasteiger partial charge is 0.371 e. The van der Waals surface area contributed by atoms with Crippen molar-refractivity contribution in [1.29, 1.82) is 0 Å². The van der Waals surface area contributed by atoms with E-state index in [4.69, 9.17) is 4.74 Å². The molecule has 0 spiro atoms. The number of ether oxygens (including phenoxy) is 1. The highest BCUT2D eigenvalue weighted by Gasteiger charge is 2.39. The second kappa shape index (κ2) is 5.25. The maximum absolute atomic E-state index is 5.68. The molecule has 2 unspecified atom stereocenters. The predicted octanol–water partition coefficient (Wildman–Crippen LogP) is 3.32. The summed E-state index contributed by atoms with van der Waals surface area (Å²) < 4.78 is 5.68. The molecular weight excluding hydrogens is 252 g/mol. The molecule has 2 heterocycles. The van der Waals surface area contributed by atoms with Crippen molar-refractivity contribution in [2.45, 2.75) is 24.9 Å². The van der Waals surface area contributed by atoms with E-state index >= 15 is 0 Å². The molecule has 0 radical (unpaired) electrons. The van der Waals surface area contributed by atoms with Gasteiger partial charge in [0.1, 0.15) is 13.8 Å². The van der Waals surface area contributed by atoms with E-state index in [1.165, 1.54) is 11.1 Å². The normalized spacial score (nSPS) is 26.9. The van der Waals surface area contributed by atoms with Crippen LogP contribution in [0.25, 0.3) is 0 Å². The SMILES string of the molecule is C[Si](C)(C)C[S+]1CCOCC1c1cccs1. The van der Waals surface area contributed by atoms with Gasteiger partial charge in [0.2, 0.25) is 0 Å². The molecule has 90 valence electrons. The summed E-state index contributed by atoms with van der Waals surface area (Å²) >= 11 is 1.90. The fraction of sp³-hybridized carbons (Fsp3) is 0.667. The second-order valence-corrected chi connectivity index (χ2v) is 14.8. The van der Waals surface area contributed by atoms with Gasteiger partial charge in [-0.15, -0.1) is 11.3 Å². The quantitative estimate of drug-likeness (QED) is 0.606. The highest BCUT2D eigenvalue weighted by Crippen LogP contribution is 2.33. The molecule has 16 heavy (non-hydrogen) atoms. The van der Waals surface area contributed by atoms with Crippen molar-refractivity contribution in [2.24, 2.45) is 0 Å². The van der Waals surface area contributed by atoms with E-state index in [0.717, 1.165) is 13.2 Å². The van der Waals surface area contributed by atoms with Gasteiger partial charge in [0.15, 0.2) is 5.25 Å². The lowest BCUT2D eigenvalue weighted by molar-refractivity contribution is 0.142. The van der Waals surface area contributed by atoms with Gasteiger partial charge < -0.3 is 4.74 Å². The Morgan fingerprint density at radius 2 is 2.31 bits per heavy atom. The number of thiophene rings is 1. The van der Waals surface area contributed by atoms with Crippen molar-refractivity contribution in [1.82, 2.24) is 0 Å². The first-order valence-electron chi connectivity index (χ1n) is 5.84. The van der Waals surface area contributed by atoms with Crippen LogP contribution in [0.4, 0.5) is 0 Å². The van der Waals surface area contributed by atoms with Crippen LogP contribution in [0.15, 0.2) is 17.5 Å². The van der Waals surface area contributed by atoms with E-state index < -0.39 is 8.07 Å². The summed E-state index contributed by atoms with van der Waals surface area (Å²) in [5.74, 6) is 1.28. The molecule has 0 aliphatic carbocycles. The van der Waals surface area contributed by atoms with E-state index in [1.807, 2.05) is 11.3 Å². The van der Waals surface area contributed by atoms with E-state index in [2.05, 4.69) is 37.2 Å². The van der Waals surface area contributed by atoms with Crippen LogP contribution < -0.4 is 0 Å². The molecule has 1 aromatic heterocycles. The second-order valence-electron chi connectivity index (χ2n) is 5.53. The van der Waals surface area contributed by atoms with Gasteiger partial charge in [-0.2, -0.15) is 0 Å². The van der Waals surface area contributed by atoms with Crippen molar-refractivity contribution in [3.8, 4) is 0 Å². The van der Waals surface area contributed by atoms with Gasteiger partial charge in [-0.25, -0.2) is 0 Å². The van der Waals surface area contributed by atoms with Crippen LogP contribution in [0.5, 0.6) is 0 Å². The highest BCUT2D eigenvalue weighted by atomic mass is 32.2. The van der Waals surface area contributed by atoms with Crippen LogP contribution in [-0.2, 0) is 15.6 Å². The van der Waals surface area contributed by atoms with Crippen LogP contribution in [0.3, 0.4) is 0 Å². The molecule has 1 fully saturated rings. The third kappa shape index (κ3) is 3.36. The third-order valence-corrected chi connectivity index (χ3v) is 10.6. The minimum absolute atomic E-state index is 0.566. The average Bonchev–Trinajstić information content (AvgIpc) is 2.69. The summed E-state index contributed by atoms with van der Waals surface area (Å²) in [6, 6.07) is 4.46. The Bertz CT molecular complexity index is 318. The lowest BCUT2D eigenvalue weighted by Crippen LogP contribution is -2.40. The Balaban J connectivity index is 2.08. The molecule has 1 aliphatic rings. The first-order chi connectivity index (χ1) is 7.56. The van der Waals surface area contributed by atoms with E-state index in [-0.39, 0.29) is 0 Å². The molecule has 1 aromatic rings. The summed E-state index contributed by atoms with van der Waals surface area (Å²) in [6.45, 7) is 9.40. The Morgan fingerprint density at radius 3 is 2.94 bits per heavy atom. The minimum atomic E-state index is -0.937. The smallest absolute Gasteiger partial charge is 0.175 e. The molecule has 2 atom stereocenters. The molecule has 1 saturated heterocycles. The zero-order chi connectivity index (χ0) is 11.6. The summed E-state index contributed by atoms with van der Waals surface area (Å²) in [5.41, 5.74) is 0. The summed E-state index contributed by atoms with van der Waals surface area (Å²) in [4.78, 5) is 1.54. The highest BCUT2D eigenvalue weighted by molar-refractivity contribution is 7.98. The molecular formula is C12H21OS2Si+. The van der Waals surface area contributed by atoms with Crippen LogP contribution in [0, 0.1) is 0 Å². The zero-order valence-electron chi connectivity index (χ0n) is 10.4. The van der Waals surface area contributed by atoms with Gasteiger partial charge in [-0.05, 0) is 22.3 Å². The van der Waals surface area contributed by atoms with Gasteiger partial charge in [0.05, 0.1) is 23.5 Å². The number of rotatable bonds is 3. The third-order valence-electron chi connectivity index (χ3n) is 2.64. The molecule has 0 bridgehead atoms. The van der Waals surface area contributed by atoms with Gasteiger partial charge in [-0.1, -0.05) is 25.7 Å². The Hall–Kier alpha value is 0.227. The minimum Gasteiger partial charge on any atom is -0.371 e. The topological polar surface area (TPSA) is 9.23 Å². The molecule has 1 nitrogen and oxygen atoms in total. The van der Waals surface area contributed by atoms with Crippen LogP contribution in [-0.4, -0.2) is 32.4 Å². The fourth-order valence-electron chi connectivity index (χ4n) is 2.04. The predicted molar refractivity (Wildman–Crippen MR) is 78.3 cm³/mol. The monoisotopic (exact) mass is 273 g/mol. The standard InChI is InChI=1S/C12H21OS2Si/c1-16(2,3)10-15-8-6-13-9-12(15)11-5-4-7-14-11/h4-5,7,12H,6,8-10H2,1-3H3/q+1. The Labute approximate surface area is 107 Å². The van der Waals surface area contributed by atoms with Crippen LogP contribution in [0.2, 0.25) is 19.6 Å². The summed E-state index contributed by atoms with van der Waals surface area (Å²) in [5, 5.41) is 4.36. The molecule has 4 heteroatoms. The van der Waals surface area contributed by atoms with E-state index in [0.29, 0.717) is 16.1 Å². The molecule has 0 aromatic carbocycles. The fourth-order valence-corrected chi connectivity index (χ4v) is 10.5. The number of hydrogen-bond donors (Lipinski definition) is 0. The Morgan fingerprint density at radius 1 is 1.50 bits per heavy atom.